The highest BCUT2D eigenvalue weighted by Gasteiger charge is 2.13. The fourth-order valence-corrected chi connectivity index (χ4v) is 1.61. The summed E-state index contributed by atoms with van der Waals surface area (Å²) in [6.07, 6.45) is 5.53. The van der Waals surface area contributed by atoms with E-state index in [4.69, 9.17) is 10.2 Å². The molecule has 0 amide bonds. The number of hydrogen-bond acceptors (Lipinski definition) is 2. The van der Waals surface area contributed by atoms with Crippen molar-refractivity contribution >= 4 is 11.9 Å². The van der Waals surface area contributed by atoms with Crippen molar-refractivity contribution in [2.24, 2.45) is 5.92 Å². The maximum atomic E-state index is 10.5. The normalized spacial score (nSPS) is 11.2. The van der Waals surface area contributed by atoms with E-state index >= 15 is 0 Å². The van der Waals surface area contributed by atoms with Gasteiger partial charge in [0.2, 0.25) is 0 Å². The molecule has 20 heavy (non-hydrogen) atoms. The molecule has 0 aliphatic rings. The van der Waals surface area contributed by atoms with Crippen LogP contribution < -0.4 is 0 Å². The smallest absolute Gasteiger partial charge is 0.336 e. The first-order chi connectivity index (χ1) is 9.43. The van der Waals surface area contributed by atoms with E-state index in [1.807, 2.05) is 0 Å². The predicted octanol–water partition coefficient (Wildman–Crippen LogP) is 4.31. The summed E-state index contributed by atoms with van der Waals surface area (Å²) in [6, 6.07) is 5.48. The van der Waals surface area contributed by atoms with Crippen molar-refractivity contribution in [3.8, 4) is 0 Å². The number of carboxylic acids is 2. The number of rotatable bonds is 6. The average Bonchev–Trinajstić information content (AvgIpc) is 2.45. The maximum absolute atomic E-state index is 10.5. The molecule has 0 fully saturated rings. The molecule has 4 heteroatoms. The largest absolute Gasteiger partial charge is 0.478 e. The van der Waals surface area contributed by atoms with Gasteiger partial charge in [-0.05, 0) is 18.1 Å². The molecule has 0 aliphatic heterocycles. The van der Waals surface area contributed by atoms with Crippen LogP contribution in [0.25, 0.3) is 0 Å². The van der Waals surface area contributed by atoms with Crippen molar-refractivity contribution in [3.63, 3.8) is 0 Å². The molecule has 2 N–H and O–H groups in total. The number of unbranched alkanes of at least 4 members (excludes halogenated alkanes) is 1. The van der Waals surface area contributed by atoms with E-state index in [0.717, 1.165) is 5.92 Å². The fourth-order valence-electron chi connectivity index (χ4n) is 1.61. The van der Waals surface area contributed by atoms with Crippen LogP contribution in [0, 0.1) is 5.92 Å². The molecule has 1 aromatic rings. The zero-order valence-electron chi connectivity index (χ0n) is 12.4. The van der Waals surface area contributed by atoms with E-state index in [0.29, 0.717) is 0 Å². The lowest BCUT2D eigenvalue weighted by Gasteiger charge is -2.04. The van der Waals surface area contributed by atoms with Gasteiger partial charge in [-0.25, -0.2) is 9.59 Å². The summed E-state index contributed by atoms with van der Waals surface area (Å²) in [5, 5.41) is 17.1. The highest BCUT2D eigenvalue weighted by Crippen LogP contribution is 2.10. The van der Waals surface area contributed by atoms with Gasteiger partial charge in [0.15, 0.2) is 0 Å². The maximum Gasteiger partial charge on any atom is 0.336 e. The van der Waals surface area contributed by atoms with Crippen LogP contribution >= 0.6 is 0 Å². The van der Waals surface area contributed by atoms with Crippen LogP contribution in [0.15, 0.2) is 24.3 Å². The lowest BCUT2D eigenvalue weighted by molar-refractivity contribution is 0.0651. The number of aromatic carboxylic acids is 2. The van der Waals surface area contributed by atoms with Crippen LogP contribution in [0.4, 0.5) is 0 Å². The van der Waals surface area contributed by atoms with E-state index in [2.05, 4.69) is 20.8 Å². The average molecular weight is 280 g/mol. The Labute approximate surface area is 120 Å². The Morgan fingerprint density at radius 3 is 1.80 bits per heavy atom. The van der Waals surface area contributed by atoms with E-state index in [-0.39, 0.29) is 11.1 Å². The summed E-state index contributed by atoms with van der Waals surface area (Å²) in [6.45, 7) is 6.85. The standard InChI is InChI=1S/C8H6O4.C8H18/c9-7(10)5-3-1-2-4-6(5)8(11)12;1-4-6-7-8(3)5-2/h1-4H,(H,9,10)(H,11,12);8H,4-7H2,1-3H3. The van der Waals surface area contributed by atoms with Crippen LogP contribution in [-0.4, -0.2) is 22.2 Å². The third kappa shape index (κ3) is 6.92. The second kappa shape index (κ2) is 10.0. The van der Waals surface area contributed by atoms with Crippen molar-refractivity contribution in [1.29, 1.82) is 0 Å². The highest BCUT2D eigenvalue weighted by molar-refractivity contribution is 6.01. The zero-order valence-corrected chi connectivity index (χ0v) is 12.4. The van der Waals surface area contributed by atoms with Crippen LogP contribution in [-0.2, 0) is 0 Å². The molecular formula is C16H24O4. The summed E-state index contributed by atoms with van der Waals surface area (Å²) in [4.78, 5) is 20.9. The van der Waals surface area contributed by atoms with Gasteiger partial charge in [-0.2, -0.15) is 0 Å². The first kappa shape index (κ1) is 18.2. The molecule has 0 aromatic heterocycles. The Morgan fingerprint density at radius 1 is 1.05 bits per heavy atom. The molecule has 4 nitrogen and oxygen atoms in total. The summed E-state index contributed by atoms with van der Waals surface area (Å²) < 4.78 is 0. The van der Waals surface area contributed by atoms with Gasteiger partial charge in [-0.3, -0.25) is 0 Å². The quantitative estimate of drug-likeness (QED) is 0.814. The first-order valence-corrected chi connectivity index (χ1v) is 6.99. The molecule has 0 spiro atoms. The predicted molar refractivity (Wildman–Crippen MR) is 79.3 cm³/mol. The SMILES string of the molecule is CCCCC(C)CC.O=C(O)c1ccccc1C(=O)O. The van der Waals surface area contributed by atoms with Crippen LogP contribution in [0.1, 0.15) is 67.2 Å². The second-order valence-corrected chi connectivity index (χ2v) is 4.81. The zero-order chi connectivity index (χ0) is 15.5. The van der Waals surface area contributed by atoms with Gasteiger partial charge in [0.05, 0.1) is 11.1 Å². The van der Waals surface area contributed by atoms with Crippen LogP contribution in [0.3, 0.4) is 0 Å². The van der Waals surface area contributed by atoms with Gasteiger partial charge in [0, 0.05) is 0 Å². The lowest BCUT2D eigenvalue weighted by atomic mass is 10.0. The minimum absolute atomic E-state index is 0.190. The lowest BCUT2D eigenvalue weighted by Crippen LogP contribution is -2.06. The molecule has 1 rings (SSSR count). The summed E-state index contributed by atoms with van der Waals surface area (Å²) in [5.74, 6) is -1.50. The number of benzene rings is 1. The van der Waals surface area contributed by atoms with E-state index in [1.165, 1.54) is 49.9 Å². The summed E-state index contributed by atoms with van der Waals surface area (Å²) in [5.41, 5.74) is -0.380. The second-order valence-electron chi connectivity index (χ2n) is 4.81. The third-order valence-electron chi connectivity index (χ3n) is 3.14. The topological polar surface area (TPSA) is 74.6 Å². The molecule has 0 heterocycles. The van der Waals surface area contributed by atoms with Gasteiger partial charge in [0.1, 0.15) is 0 Å². The molecule has 0 aliphatic carbocycles. The molecular weight excluding hydrogens is 256 g/mol. The fraction of sp³-hybridized carbons (Fsp3) is 0.500. The third-order valence-corrected chi connectivity index (χ3v) is 3.14. The van der Waals surface area contributed by atoms with Crippen molar-refractivity contribution in [2.75, 3.05) is 0 Å². The van der Waals surface area contributed by atoms with Gasteiger partial charge < -0.3 is 10.2 Å². The minimum Gasteiger partial charge on any atom is -0.478 e. The van der Waals surface area contributed by atoms with Crippen LogP contribution in [0.2, 0.25) is 0 Å². The molecule has 0 saturated carbocycles. The Balaban J connectivity index is 0.000000396. The molecule has 112 valence electrons. The minimum atomic E-state index is -1.23. The van der Waals surface area contributed by atoms with E-state index in [9.17, 15) is 9.59 Å². The molecule has 1 atom stereocenters. The van der Waals surface area contributed by atoms with Crippen molar-refractivity contribution in [1.82, 2.24) is 0 Å². The molecule has 0 saturated heterocycles. The van der Waals surface area contributed by atoms with Crippen molar-refractivity contribution in [3.05, 3.63) is 35.4 Å². The Hall–Kier alpha value is -1.84. The molecule has 1 aromatic carbocycles. The van der Waals surface area contributed by atoms with Crippen molar-refractivity contribution < 1.29 is 19.8 Å². The monoisotopic (exact) mass is 280 g/mol. The van der Waals surface area contributed by atoms with E-state index < -0.39 is 11.9 Å². The van der Waals surface area contributed by atoms with Gasteiger partial charge in [-0.1, -0.05) is 58.6 Å². The van der Waals surface area contributed by atoms with Gasteiger partial charge >= 0.3 is 11.9 Å². The molecule has 0 bridgehead atoms. The van der Waals surface area contributed by atoms with E-state index in [1.54, 1.807) is 0 Å². The Morgan fingerprint density at radius 2 is 1.50 bits per heavy atom. The number of carboxylic acid groups (broad SMARTS) is 2. The molecule has 1 unspecified atom stereocenters. The highest BCUT2D eigenvalue weighted by atomic mass is 16.4. The first-order valence-electron chi connectivity index (χ1n) is 6.99. The Kier molecular flexibility index (Phi) is 9.09. The van der Waals surface area contributed by atoms with Crippen LogP contribution in [0.5, 0.6) is 0 Å². The van der Waals surface area contributed by atoms with Gasteiger partial charge in [-0.15, -0.1) is 0 Å². The number of hydrogen-bond donors (Lipinski definition) is 2. The molecule has 0 radical (unpaired) electrons. The summed E-state index contributed by atoms with van der Waals surface area (Å²) >= 11 is 0. The Bertz CT molecular complexity index is 393. The summed E-state index contributed by atoms with van der Waals surface area (Å²) in [7, 11) is 0. The van der Waals surface area contributed by atoms with Gasteiger partial charge in [0.25, 0.3) is 0 Å². The number of carbonyl (C=O) groups is 2. The van der Waals surface area contributed by atoms with Crippen molar-refractivity contribution in [2.45, 2.75) is 46.5 Å².